The van der Waals surface area contributed by atoms with Crippen molar-refractivity contribution in [2.24, 2.45) is 0 Å². The summed E-state index contributed by atoms with van der Waals surface area (Å²) in [6.07, 6.45) is -1.99. The van der Waals surface area contributed by atoms with Crippen LogP contribution in [0.3, 0.4) is 0 Å². The van der Waals surface area contributed by atoms with E-state index in [1.54, 1.807) is 24.3 Å². The van der Waals surface area contributed by atoms with E-state index in [1.165, 1.54) is 23.0 Å². The molecular formula is C15H8F3N5O. The number of pyridine rings is 1. The minimum Gasteiger partial charge on any atom is -0.284 e. The molecule has 24 heavy (non-hydrogen) atoms. The highest BCUT2D eigenvalue weighted by Gasteiger charge is 2.36. The lowest BCUT2D eigenvalue weighted by Crippen LogP contribution is -2.18. The lowest BCUT2D eigenvalue weighted by atomic mass is 10.2. The van der Waals surface area contributed by atoms with Gasteiger partial charge in [-0.05, 0) is 18.2 Å². The number of rotatable bonds is 1. The Kier molecular flexibility index (Phi) is 2.92. The second kappa shape index (κ2) is 4.88. The van der Waals surface area contributed by atoms with Gasteiger partial charge in [-0.15, -0.1) is 5.10 Å². The van der Waals surface area contributed by atoms with Gasteiger partial charge in [0.05, 0.1) is 10.9 Å². The van der Waals surface area contributed by atoms with E-state index in [9.17, 15) is 18.0 Å². The zero-order chi connectivity index (χ0) is 16.9. The van der Waals surface area contributed by atoms with E-state index in [2.05, 4.69) is 15.1 Å². The lowest BCUT2D eigenvalue weighted by molar-refractivity contribution is -0.144. The monoisotopic (exact) mass is 331 g/mol. The molecular weight excluding hydrogens is 323 g/mol. The van der Waals surface area contributed by atoms with Crippen LogP contribution in [0, 0.1) is 0 Å². The second-order valence-corrected chi connectivity index (χ2v) is 5.03. The first kappa shape index (κ1) is 14.4. The van der Waals surface area contributed by atoms with Gasteiger partial charge in [0.2, 0.25) is 0 Å². The Morgan fingerprint density at radius 2 is 1.79 bits per heavy atom. The Hall–Kier alpha value is -3.23. The Morgan fingerprint density at radius 3 is 2.50 bits per heavy atom. The molecule has 0 bridgehead atoms. The molecule has 0 fully saturated rings. The lowest BCUT2D eigenvalue weighted by Gasteiger charge is -2.07. The molecule has 9 heteroatoms. The summed E-state index contributed by atoms with van der Waals surface area (Å²) in [4.78, 5) is 19.8. The van der Waals surface area contributed by atoms with Crippen molar-refractivity contribution in [2.45, 2.75) is 6.18 Å². The maximum absolute atomic E-state index is 12.8. The molecule has 0 amide bonds. The van der Waals surface area contributed by atoms with Crippen LogP contribution in [-0.4, -0.2) is 24.1 Å². The van der Waals surface area contributed by atoms with Crippen LogP contribution in [0.5, 0.6) is 0 Å². The van der Waals surface area contributed by atoms with Gasteiger partial charge in [-0.25, -0.2) is 4.98 Å². The quantitative estimate of drug-likeness (QED) is 0.537. The summed E-state index contributed by atoms with van der Waals surface area (Å²) in [6, 6.07) is 10.4. The van der Waals surface area contributed by atoms with Crippen molar-refractivity contribution in [1.29, 1.82) is 0 Å². The Labute approximate surface area is 131 Å². The minimum atomic E-state index is -4.68. The highest BCUT2D eigenvalue weighted by Crippen LogP contribution is 2.26. The summed E-state index contributed by atoms with van der Waals surface area (Å²) >= 11 is 0. The van der Waals surface area contributed by atoms with Crippen LogP contribution in [0.25, 0.3) is 22.4 Å². The Balaban J connectivity index is 2.01. The van der Waals surface area contributed by atoms with E-state index in [0.29, 0.717) is 5.69 Å². The molecule has 0 unspecified atom stereocenters. The van der Waals surface area contributed by atoms with Crippen molar-refractivity contribution >= 4 is 16.7 Å². The van der Waals surface area contributed by atoms with Gasteiger partial charge in [0.15, 0.2) is 0 Å². The van der Waals surface area contributed by atoms with Crippen LogP contribution in [-0.2, 0) is 6.18 Å². The fourth-order valence-corrected chi connectivity index (χ4v) is 2.43. The molecule has 1 aromatic carbocycles. The zero-order valence-corrected chi connectivity index (χ0v) is 11.9. The predicted octanol–water partition coefficient (Wildman–Crippen LogP) is 2.45. The average Bonchev–Trinajstić information content (AvgIpc) is 3.01. The van der Waals surface area contributed by atoms with Crippen molar-refractivity contribution in [1.82, 2.24) is 24.1 Å². The zero-order valence-electron chi connectivity index (χ0n) is 11.9. The summed E-state index contributed by atoms with van der Waals surface area (Å²) < 4.78 is 40.6. The van der Waals surface area contributed by atoms with E-state index < -0.39 is 17.6 Å². The normalized spacial score (nSPS) is 12.1. The van der Waals surface area contributed by atoms with Crippen molar-refractivity contribution < 1.29 is 13.2 Å². The summed E-state index contributed by atoms with van der Waals surface area (Å²) in [5, 5.41) is 3.57. The number of halogens is 3. The van der Waals surface area contributed by atoms with Crippen LogP contribution in [0.15, 0.2) is 53.6 Å². The van der Waals surface area contributed by atoms with Gasteiger partial charge in [-0.1, -0.05) is 18.2 Å². The fourth-order valence-electron chi connectivity index (χ4n) is 2.43. The third-order valence-corrected chi connectivity index (χ3v) is 3.52. The summed E-state index contributed by atoms with van der Waals surface area (Å²) in [6.45, 7) is 0. The van der Waals surface area contributed by atoms with Crippen molar-refractivity contribution in [2.75, 3.05) is 0 Å². The topological polar surface area (TPSA) is 65.1 Å². The molecule has 0 aliphatic carbocycles. The molecule has 0 atom stereocenters. The smallest absolute Gasteiger partial charge is 0.284 e. The average molecular weight is 331 g/mol. The van der Waals surface area contributed by atoms with Gasteiger partial charge in [-0.3, -0.25) is 9.36 Å². The molecule has 0 aliphatic rings. The SMILES string of the molecule is O=c1c2cnc3nc(C(F)(F)F)nn3c2ccn1-c1ccccc1. The van der Waals surface area contributed by atoms with Crippen LogP contribution >= 0.6 is 0 Å². The Morgan fingerprint density at radius 1 is 1.04 bits per heavy atom. The predicted molar refractivity (Wildman–Crippen MR) is 78.9 cm³/mol. The number of para-hydroxylation sites is 1. The van der Waals surface area contributed by atoms with Crippen LogP contribution in [0.2, 0.25) is 0 Å². The molecule has 6 nitrogen and oxygen atoms in total. The van der Waals surface area contributed by atoms with E-state index in [-0.39, 0.29) is 16.7 Å². The van der Waals surface area contributed by atoms with Crippen molar-refractivity contribution in [3.05, 3.63) is 65.0 Å². The molecule has 0 N–H and O–H groups in total. The first-order valence-corrected chi connectivity index (χ1v) is 6.85. The highest BCUT2D eigenvalue weighted by molar-refractivity contribution is 5.78. The number of hydrogen-bond acceptors (Lipinski definition) is 4. The Bertz CT molecular complexity index is 1120. The van der Waals surface area contributed by atoms with E-state index >= 15 is 0 Å². The van der Waals surface area contributed by atoms with E-state index in [0.717, 1.165) is 4.52 Å². The van der Waals surface area contributed by atoms with Crippen LogP contribution in [0.1, 0.15) is 5.82 Å². The molecule has 4 rings (SSSR count). The molecule has 3 heterocycles. The van der Waals surface area contributed by atoms with Crippen LogP contribution in [0.4, 0.5) is 13.2 Å². The number of nitrogens with zero attached hydrogens (tertiary/aromatic N) is 5. The largest absolute Gasteiger partial charge is 0.453 e. The summed E-state index contributed by atoms with van der Waals surface area (Å²) in [7, 11) is 0. The standard InChI is InChI=1S/C15H8F3N5O/c16-15(17,18)13-20-14-19-8-10-11(23(14)21-13)6-7-22(12(10)24)9-4-2-1-3-5-9/h1-8H. The maximum atomic E-state index is 12.8. The van der Waals surface area contributed by atoms with E-state index in [1.807, 2.05) is 6.07 Å². The number of hydrogen-bond donors (Lipinski definition) is 0. The summed E-state index contributed by atoms with van der Waals surface area (Å²) in [5.41, 5.74) is 0.441. The van der Waals surface area contributed by atoms with Gasteiger partial charge < -0.3 is 0 Å². The number of aromatic nitrogens is 5. The molecule has 4 aromatic rings. The van der Waals surface area contributed by atoms with Gasteiger partial charge in [-0.2, -0.15) is 22.7 Å². The van der Waals surface area contributed by atoms with Gasteiger partial charge in [0.25, 0.3) is 17.2 Å². The third kappa shape index (κ3) is 2.13. The molecule has 0 radical (unpaired) electrons. The second-order valence-electron chi connectivity index (χ2n) is 5.03. The van der Waals surface area contributed by atoms with E-state index in [4.69, 9.17) is 0 Å². The summed E-state index contributed by atoms with van der Waals surface area (Å²) in [5.74, 6) is -1.51. The van der Waals surface area contributed by atoms with Gasteiger partial charge in [0.1, 0.15) is 0 Å². The first-order valence-electron chi connectivity index (χ1n) is 6.85. The van der Waals surface area contributed by atoms with Gasteiger partial charge in [0, 0.05) is 18.1 Å². The molecule has 0 saturated heterocycles. The number of alkyl halides is 3. The van der Waals surface area contributed by atoms with Gasteiger partial charge >= 0.3 is 6.18 Å². The first-order chi connectivity index (χ1) is 11.4. The van der Waals surface area contributed by atoms with Crippen LogP contribution < -0.4 is 5.56 Å². The molecule has 3 aromatic heterocycles. The third-order valence-electron chi connectivity index (χ3n) is 3.52. The van der Waals surface area contributed by atoms with Crippen molar-refractivity contribution in [3.63, 3.8) is 0 Å². The fraction of sp³-hybridized carbons (Fsp3) is 0.0667. The number of fused-ring (bicyclic) bond motifs is 3. The molecule has 0 saturated carbocycles. The number of benzene rings is 1. The molecule has 0 aliphatic heterocycles. The minimum absolute atomic E-state index is 0.146. The maximum Gasteiger partial charge on any atom is 0.453 e. The molecule has 0 spiro atoms. The highest BCUT2D eigenvalue weighted by atomic mass is 19.4. The molecule has 120 valence electrons. The van der Waals surface area contributed by atoms with Crippen molar-refractivity contribution in [3.8, 4) is 5.69 Å².